The van der Waals surface area contributed by atoms with Crippen molar-refractivity contribution in [2.45, 2.75) is 17.1 Å². The van der Waals surface area contributed by atoms with Crippen LogP contribution < -0.4 is 10.6 Å². The van der Waals surface area contributed by atoms with Crippen molar-refractivity contribution >= 4 is 51.4 Å². The zero-order valence-electron chi connectivity index (χ0n) is 18.8. The highest BCUT2D eigenvalue weighted by Gasteiger charge is 2.18. The van der Waals surface area contributed by atoms with Crippen LogP contribution in [-0.4, -0.2) is 27.0 Å². The van der Waals surface area contributed by atoms with Crippen LogP contribution in [-0.2, 0) is 4.79 Å². The third-order valence-electron chi connectivity index (χ3n) is 4.98. The number of hydrogen-bond acceptors (Lipinski definition) is 7. The Morgan fingerprint density at radius 1 is 1.06 bits per heavy atom. The van der Waals surface area contributed by atoms with Gasteiger partial charge in [0.05, 0.1) is 21.4 Å². The molecule has 0 spiro atoms. The van der Waals surface area contributed by atoms with Crippen LogP contribution in [0.4, 0.5) is 20.9 Å². The van der Waals surface area contributed by atoms with Crippen LogP contribution in [0.2, 0.25) is 0 Å². The molecule has 11 heteroatoms. The van der Waals surface area contributed by atoms with Crippen molar-refractivity contribution in [2.24, 2.45) is 0 Å². The van der Waals surface area contributed by atoms with Crippen LogP contribution in [0.15, 0.2) is 83.1 Å². The largest absolute Gasteiger partial charge is 0.322 e. The van der Waals surface area contributed by atoms with E-state index in [1.54, 1.807) is 54.8 Å². The maximum Gasteiger partial charge on any atom is 0.270 e. The number of nitrogens with one attached hydrogen (secondary N) is 2. The van der Waals surface area contributed by atoms with Crippen LogP contribution in [0, 0.1) is 15.9 Å². The van der Waals surface area contributed by atoms with Gasteiger partial charge in [-0.3, -0.25) is 19.7 Å². The summed E-state index contributed by atoms with van der Waals surface area (Å²) in [5.74, 6) is -1.45. The van der Waals surface area contributed by atoms with Gasteiger partial charge in [0.15, 0.2) is 5.13 Å². The van der Waals surface area contributed by atoms with E-state index in [-0.39, 0.29) is 17.2 Å². The van der Waals surface area contributed by atoms with Crippen molar-refractivity contribution in [1.82, 2.24) is 4.98 Å². The van der Waals surface area contributed by atoms with E-state index in [1.165, 1.54) is 53.4 Å². The van der Waals surface area contributed by atoms with Crippen molar-refractivity contribution in [1.29, 1.82) is 0 Å². The number of non-ortho nitro benzene ring substituents is 1. The molecular weight excluding hydrogens is 503 g/mol. The lowest BCUT2D eigenvalue weighted by Crippen LogP contribution is -2.22. The van der Waals surface area contributed by atoms with E-state index in [0.717, 1.165) is 4.90 Å². The number of aromatic nitrogens is 1. The molecule has 0 bridgehead atoms. The third kappa shape index (κ3) is 6.12. The number of benzene rings is 3. The fraction of sp³-hybridized carbons (Fsp3) is 0.0800. The van der Waals surface area contributed by atoms with E-state index in [2.05, 4.69) is 15.6 Å². The van der Waals surface area contributed by atoms with E-state index >= 15 is 0 Å². The second-order valence-corrected chi connectivity index (χ2v) is 9.83. The highest BCUT2D eigenvalue weighted by atomic mass is 32.2. The van der Waals surface area contributed by atoms with Crippen LogP contribution in [0.5, 0.6) is 0 Å². The molecule has 0 aliphatic heterocycles. The molecular formula is C25H19FN4O4S2. The predicted octanol–water partition coefficient (Wildman–Crippen LogP) is 6.23. The molecule has 0 saturated carbocycles. The summed E-state index contributed by atoms with van der Waals surface area (Å²) in [6, 6.07) is 18.8. The van der Waals surface area contributed by atoms with Crippen LogP contribution in [0.25, 0.3) is 11.3 Å². The summed E-state index contributed by atoms with van der Waals surface area (Å²) in [6.07, 6.45) is 0. The molecule has 0 saturated heterocycles. The molecule has 4 aromatic rings. The predicted molar refractivity (Wildman–Crippen MR) is 139 cm³/mol. The van der Waals surface area contributed by atoms with Gasteiger partial charge >= 0.3 is 0 Å². The highest BCUT2D eigenvalue weighted by molar-refractivity contribution is 8.00. The summed E-state index contributed by atoms with van der Waals surface area (Å²) < 4.78 is 13.9. The minimum atomic E-state index is -0.610. The molecule has 0 aliphatic carbocycles. The molecule has 3 aromatic carbocycles. The van der Waals surface area contributed by atoms with Gasteiger partial charge in [0.2, 0.25) is 5.91 Å². The number of nitro groups is 1. The Labute approximate surface area is 213 Å². The molecule has 2 N–H and O–H groups in total. The molecule has 0 radical (unpaired) electrons. The van der Waals surface area contributed by atoms with Crippen molar-refractivity contribution < 1.29 is 18.9 Å². The minimum absolute atomic E-state index is 0.0385. The standard InChI is InChI=1S/C25H19FN4O4S2/c1-15(23(31)29-25-28-22(14-35-25)16-6-4-8-18(12-16)30(33)34)36-19-9-5-7-17(13-19)27-24(32)20-10-2-3-11-21(20)26/h2-15H,1H3,(H,27,32)(H,28,29,31). The first-order valence-corrected chi connectivity index (χ1v) is 12.4. The molecule has 0 aliphatic rings. The summed E-state index contributed by atoms with van der Waals surface area (Å²) >= 11 is 2.50. The lowest BCUT2D eigenvalue weighted by atomic mass is 10.1. The number of halogens is 1. The van der Waals surface area contributed by atoms with E-state index in [9.17, 15) is 24.1 Å². The first-order chi connectivity index (χ1) is 17.3. The van der Waals surface area contributed by atoms with Gasteiger partial charge < -0.3 is 10.6 Å². The second kappa shape index (κ2) is 11.1. The summed E-state index contributed by atoms with van der Waals surface area (Å²) in [4.78, 5) is 40.7. The van der Waals surface area contributed by atoms with Crippen LogP contribution in [0.3, 0.4) is 0 Å². The average Bonchev–Trinajstić information content (AvgIpc) is 3.33. The Balaban J connectivity index is 1.38. The average molecular weight is 523 g/mol. The summed E-state index contributed by atoms with van der Waals surface area (Å²) in [6.45, 7) is 1.74. The Hall–Kier alpha value is -4.09. The number of rotatable bonds is 8. The molecule has 1 aromatic heterocycles. The smallest absolute Gasteiger partial charge is 0.270 e. The number of hydrogen-bond donors (Lipinski definition) is 2. The monoisotopic (exact) mass is 522 g/mol. The van der Waals surface area contributed by atoms with E-state index < -0.39 is 21.9 Å². The maximum atomic E-state index is 13.9. The van der Waals surface area contributed by atoms with Crippen molar-refractivity contribution in [2.75, 3.05) is 10.6 Å². The van der Waals surface area contributed by atoms with E-state index in [1.807, 2.05) is 0 Å². The Kier molecular flexibility index (Phi) is 7.71. The summed E-state index contributed by atoms with van der Waals surface area (Å²) in [5.41, 5.74) is 1.48. The number of carbonyl (C=O) groups is 2. The molecule has 4 rings (SSSR count). The lowest BCUT2D eigenvalue weighted by Gasteiger charge is -2.12. The van der Waals surface area contributed by atoms with Crippen molar-refractivity contribution in [3.63, 3.8) is 0 Å². The fourth-order valence-corrected chi connectivity index (χ4v) is 4.85. The number of nitro benzene ring substituents is 1. The molecule has 36 heavy (non-hydrogen) atoms. The quantitative estimate of drug-likeness (QED) is 0.161. The van der Waals surface area contributed by atoms with Gasteiger partial charge in [-0.2, -0.15) is 0 Å². The summed E-state index contributed by atoms with van der Waals surface area (Å²) in [5, 5.41) is 18.0. The van der Waals surface area contributed by atoms with Crippen LogP contribution >= 0.6 is 23.1 Å². The minimum Gasteiger partial charge on any atom is -0.322 e. The zero-order chi connectivity index (χ0) is 25.7. The van der Waals surface area contributed by atoms with Gasteiger partial charge in [-0.05, 0) is 37.3 Å². The van der Waals surface area contributed by atoms with Gasteiger partial charge in [-0.15, -0.1) is 23.1 Å². The first-order valence-electron chi connectivity index (χ1n) is 10.6. The highest BCUT2D eigenvalue weighted by Crippen LogP contribution is 2.30. The van der Waals surface area contributed by atoms with E-state index in [4.69, 9.17) is 0 Å². The molecule has 1 atom stereocenters. The number of carbonyl (C=O) groups excluding carboxylic acids is 2. The Morgan fingerprint density at radius 3 is 2.61 bits per heavy atom. The number of anilines is 2. The van der Waals surface area contributed by atoms with Crippen molar-refractivity contribution in [3.8, 4) is 11.3 Å². The normalized spacial score (nSPS) is 11.5. The van der Waals surface area contributed by atoms with Gasteiger partial charge in [0, 0.05) is 33.7 Å². The molecule has 182 valence electrons. The number of thiazole rings is 1. The number of amides is 2. The van der Waals surface area contributed by atoms with Gasteiger partial charge in [-0.1, -0.05) is 30.3 Å². The Bertz CT molecular complexity index is 1440. The van der Waals surface area contributed by atoms with Crippen LogP contribution in [0.1, 0.15) is 17.3 Å². The topological polar surface area (TPSA) is 114 Å². The zero-order valence-corrected chi connectivity index (χ0v) is 20.4. The lowest BCUT2D eigenvalue weighted by molar-refractivity contribution is -0.384. The van der Waals surface area contributed by atoms with Gasteiger partial charge in [-0.25, -0.2) is 9.37 Å². The van der Waals surface area contributed by atoms with Crippen molar-refractivity contribution in [3.05, 3.63) is 99.7 Å². The molecule has 8 nitrogen and oxygen atoms in total. The van der Waals surface area contributed by atoms with Gasteiger partial charge in [0.25, 0.3) is 11.6 Å². The summed E-state index contributed by atoms with van der Waals surface area (Å²) in [7, 11) is 0. The molecule has 1 heterocycles. The molecule has 1 unspecified atom stereocenters. The van der Waals surface area contributed by atoms with E-state index in [0.29, 0.717) is 22.1 Å². The maximum absolute atomic E-state index is 13.9. The second-order valence-electron chi connectivity index (χ2n) is 7.56. The Morgan fingerprint density at radius 2 is 1.83 bits per heavy atom. The third-order valence-corrected chi connectivity index (χ3v) is 6.83. The number of thioether (sulfide) groups is 1. The molecule has 0 fully saturated rings. The molecule has 2 amide bonds. The SMILES string of the molecule is CC(Sc1cccc(NC(=O)c2ccccc2F)c1)C(=O)Nc1nc(-c2cccc([N+](=O)[O-])c2)cs1. The number of nitrogens with zero attached hydrogens (tertiary/aromatic N) is 2. The fourth-order valence-electron chi connectivity index (χ4n) is 3.20. The van der Waals surface area contributed by atoms with Gasteiger partial charge in [0.1, 0.15) is 5.82 Å². The first kappa shape index (κ1) is 25.0.